The molecule has 0 aromatic heterocycles. The van der Waals surface area contributed by atoms with Crippen molar-refractivity contribution in [2.75, 3.05) is 13.1 Å². The molecular weight excluding hydrogens is 174 g/mol. The third-order valence-corrected chi connectivity index (χ3v) is 2.22. The lowest BCUT2D eigenvalue weighted by atomic mass is 10.2. The van der Waals surface area contributed by atoms with Crippen LogP contribution in [0, 0.1) is 0 Å². The minimum atomic E-state index is -0.322. The lowest BCUT2D eigenvalue weighted by Crippen LogP contribution is -2.33. The SMILES string of the molecule is C=CC/C=C/CCCN(CC)C(C)O. The zero-order chi connectivity index (χ0) is 10.8. The Morgan fingerprint density at radius 2 is 2.14 bits per heavy atom. The van der Waals surface area contributed by atoms with E-state index in [9.17, 15) is 5.11 Å². The summed E-state index contributed by atoms with van der Waals surface area (Å²) in [6.07, 6.45) is 9.02. The van der Waals surface area contributed by atoms with Crippen LogP contribution in [0.3, 0.4) is 0 Å². The number of nitrogens with zero attached hydrogens (tertiary/aromatic N) is 1. The first kappa shape index (κ1) is 13.4. The Morgan fingerprint density at radius 1 is 1.43 bits per heavy atom. The molecule has 0 bridgehead atoms. The number of hydrogen-bond donors (Lipinski definition) is 1. The topological polar surface area (TPSA) is 23.5 Å². The van der Waals surface area contributed by atoms with Crippen LogP contribution < -0.4 is 0 Å². The van der Waals surface area contributed by atoms with Crippen LogP contribution in [-0.4, -0.2) is 29.3 Å². The molecule has 0 saturated heterocycles. The second-order valence-electron chi connectivity index (χ2n) is 3.40. The van der Waals surface area contributed by atoms with Crippen molar-refractivity contribution >= 4 is 0 Å². The molecule has 0 fully saturated rings. The Bertz CT molecular complexity index is 164. The largest absolute Gasteiger partial charge is 0.379 e. The normalized spacial score (nSPS) is 13.7. The van der Waals surface area contributed by atoms with Gasteiger partial charge in [-0.25, -0.2) is 0 Å². The average Bonchev–Trinajstić information content (AvgIpc) is 2.16. The maximum Gasteiger partial charge on any atom is 0.104 e. The van der Waals surface area contributed by atoms with E-state index >= 15 is 0 Å². The maximum atomic E-state index is 9.35. The fourth-order valence-electron chi connectivity index (χ4n) is 1.33. The molecule has 0 aromatic carbocycles. The summed E-state index contributed by atoms with van der Waals surface area (Å²) < 4.78 is 0. The summed E-state index contributed by atoms with van der Waals surface area (Å²) in [7, 11) is 0. The predicted octanol–water partition coefficient (Wildman–Crippen LogP) is 2.56. The molecule has 1 unspecified atom stereocenters. The summed E-state index contributed by atoms with van der Waals surface area (Å²) in [5.74, 6) is 0. The van der Waals surface area contributed by atoms with Crippen LogP contribution in [0.25, 0.3) is 0 Å². The van der Waals surface area contributed by atoms with Gasteiger partial charge in [-0.1, -0.05) is 25.2 Å². The third kappa shape index (κ3) is 6.87. The van der Waals surface area contributed by atoms with Gasteiger partial charge in [-0.15, -0.1) is 6.58 Å². The van der Waals surface area contributed by atoms with Crippen LogP contribution in [0.2, 0.25) is 0 Å². The predicted molar refractivity (Wildman–Crippen MR) is 62.1 cm³/mol. The van der Waals surface area contributed by atoms with E-state index in [0.29, 0.717) is 0 Å². The van der Waals surface area contributed by atoms with E-state index in [1.807, 2.05) is 13.0 Å². The quantitative estimate of drug-likeness (QED) is 0.367. The molecular formula is C12H23NO. The van der Waals surface area contributed by atoms with Crippen molar-refractivity contribution in [1.29, 1.82) is 0 Å². The number of hydrogen-bond acceptors (Lipinski definition) is 2. The summed E-state index contributed by atoms with van der Waals surface area (Å²) >= 11 is 0. The zero-order valence-electron chi connectivity index (χ0n) is 9.45. The molecule has 0 aliphatic carbocycles. The summed E-state index contributed by atoms with van der Waals surface area (Å²) in [5.41, 5.74) is 0. The van der Waals surface area contributed by atoms with Gasteiger partial charge in [0.25, 0.3) is 0 Å². The molecule has 0 heterocycles. The molecule has 0 aromatic rings. The molecule has 82 valence electrons. The Hall–Kier alpha value is -0.600. The first-order valence-corrected chi connectivity index (χ1v) is 5.40. The smallest absolute Gasteiger partial charge is 0.104 e. The van der Waals surface area contributed by atoms with Crippen molar-refractivity contribution < 1.29 is 5.11 Å². The number of aliphatic hydroxyl groups excluding tert-OH is 1. The lowest BCUT2D eigenvalue weighted by molar-refractivity contribution is 0.0220. The van der Waals surface area contributed by atoms with Gasteiger partial charge in [-0.2, -0.15) is 0 Å². The van der Waals surface area contributed by atoms with Gasteiger partial charge in [0, 0.05) is 6.54 Å². The van der Waals surface area contributed by atoms with E-state index in [2.05, 4.69) is 30.6 Å². The molecule has 1 N–H and O–H groups in total. The maximum absolute atomic E-state index is 9.35. The van der Waals surface area contributed by atoms with Crippen molar-refractivity contribution in [3.8, 4) is 0 Å². The van der Waals surface area contributed by atoms with Crippen LogP contribution in [0.15, 0.2) is 24.8 Å². The van der Waals surface area contributed by atoms with Gasteiger partial charge in [0.1, 0.15) is 6.23 Å². The average molecular weight is 197 g/mol. The fraction of sp³-hybridized carbons (Fsp3) is 0.667. The van der Waals surface area contributed by atoms with E-state index in [0.717, 1.165) is 32.4 Å². The zero-order valence-corrected chi connectivity index (χ0v) is 9.45. The van der Waals surface area contributed by atoms with Gasteiger partial charge in [-0.05, 0) is 32.7 Å². The highest BCUT2D eigenvalue weighted by atomic mass is 16.3. The van der Waals surface area contributed by atoms with Gasteiger partial charge in [-0.3, -0.25) is 4.90 Å². The first-order chi connectivity index (χ1) is 6.72. The molecule has 0 aliphatic heterocycles. The first-order valence-electron chi connectivity index (χ1n) is 5.40. The highest BCUT2D eigenvalue weighted by Gasteiger charge is 2.05. The van der Waals surface area contributed by atoms with Gasteiger partial charge in [0.2, 0.25) is 0 Å². The van der Waals surface area contributed by atoms with E-state index in [-0.39, 0.29) is 6.23 Å². The monoisotopic (exact) mass is 197 g/mol. The van der Waals surface area contributed by atoms with Crippen LogP contribution in [-0.2, 0) is 0 Å². The molecule has 0 radical (unpaired) electrons. The minimum Gasteiger partial charge on any atom is -0.379 e. The molecule has 1 atom stereocenters. The summed E-state index contributed by atoms with van der Waals surface area (Å²) in [5, 5.41) is 9.35. The molecule has 0 aliphatic rings. The number of unbranched alkanes of at least 4 members (excludes halogenated alkanes) is 1. The Morgan fingerprint density at radius 3 is 2.64 bits per heavy atom. The lowest BCUT2D eigenvalue weighted by Gasteiger charge is -2.22. The highest BCUT2D eigenvalue weighted by molar-refractivity contribution is 4.88. The van der Waals surface area contributed by atoms with Crippen molar-refractivity contribution in [3.05, 3.63) is 24.8 Å². The standard InChI is InChI=1S/C12H23NO/c1-4-6-7-8-9-10-11-13(5-2)12(3)14/h4,7-8,12,14H,1,5-6,9-11H2,2-3H3/b8-7+. The van der Waals surface area contributed by atoms with E-state index in [1.165, 1.54) is 0 Å². The van der Waals surface area contributed by atoms with Crippen molar-refractivity contribution in [1.82, 2.24) is 4.90 Å². The Labute approximate surface area is 87.9 Å². The van der Waals surface area contributed by atoms with Crippen LogP contribution >= 0.6 is 0 Å². The van der Waals surface area contributed by atoms with Crippen molar-refractivity contribution in [3.63, 3.8) is 0 Å². The van der Waals surface area contributed by atoms with Crippen molar-refractivity contribution in [2.24, 2.45) is 0 Å². The van der Waals surface area contributed by atoms with E-state index in [4.69, 9.17) is 0 Å². The number of aliphatic hydroxyl groups is 1. The summed E-state index contributed by atoms with van der Waals surface area (Å²) in [6, 6.07) is 0. The van der Waals surface area contributed by atoms with Crippen LogP contribution in [0.4, 0.5) is 0 Å². The molecule has 0 spiro atoms. The molecule has 0 rings (SSSR count). The number of rotatable bonds is 8. The minimum absolute atomic E-state index is 0.322. The van der Waals surface area contributed by atoms with Gasteiger partial charge < -0.3 is 5.11 Å². The Balaban J connectivity index is 3.46. The summed E-state index contributed by atoms with van der Waals surface area (Å²) in [4.78, 5) is 2.06. The molecule has 0 amide bonds. The second-order valence-corrected chi connectivity index (χ2v) is 3.40. The van der Waals surface area contributed by atoms with Gasteiger partial charge in [0.15, 0.2) is 0 Å². The molecule has 2 heteroatoms. The third-order valence-electron chi connectivity index (χ3n) is 2.22. The van der Waals surface area contributed by atoms with E-state index < -0.39 is 0 Å². The van der Waals surface area contributed by atoms with Crippen LogP contribution in [0.1, 0.15) is 33.1 Å². The van der Waals surface area contributed by atoms with E-state index in [1.54, 1.807) is 0 Å². The molecule has 14 heavy (non-hydrogen) atoms. The summed E-state index contributed by atoms with van der Waals surface area (Å²) in [6.45, 7) is 9.41. The second kappa shape index (κ2) is 8.97. The van der Waals surface area contributed by atoms with Gasteiger partial charge >= 0.3 is 0 Å². The van der Waals surface area contributed by atoms with Crippen LogP contribution in [0.5, 0.6) is 0 Å². The fourth-order valence-corrected chi connectivity index (χ4v) is 1.33. The number of allylic oxidation sites excluding steroid dienone is 3. The van der Waals surface area contributed by atoms with Crippen molar-refractivity contribution in [2.45, 2.75) is 39.3 Å². The molecule has 0 saturated carbocycles. The molecule has 2 nitrogen and oxygen atoms in total. The Kier molecular flexibility index (Phi) is 8.59. The van der Waals surface area contributed by atoms with Gasteiger partial charge in [0.05, 0.1) is 0 Å². The highest BCUT2D eigenvalue weighted by Crippen LogP contribution is 2.00.